The van der Waals surface area contributed by atoms with Crippen molar-refractivity contribution < 1.29 is 68.4 Å². The Hall–Kier alpha value is -3.59. The molecule has 0 N–H and O–H groups in total. The van der Waals surface area contributed by atoms with Crippen molar-refractivity contribution in [2.24, 2.45) is 10.8 Å². The van der Waals surface area contributed by atoms with Gasteiger partial charge in [0.05, 0.1) is 15.9 Å². The minimum absolute atomic E-state index is 0. The van der Waals surface area contributed by atoms with E-state index in [9.17, 15) is 44.5 Å². The molecule has 52 heavy (non-hydrogen) atoms. The van der Waals surface area contributed by atoms with Gasteiger partial charge in [0.15, 0.2) is 0 Å². The standard InChI is InChI=1S/C18H24N2O5.C12H20ClNO2.C6H5NO3.Na/c1-4-18(2,3)16(21)17(22)19-11-5-6-14(19)12-25-15-9-7-13(8-10-15)20(23)24;1-4-12(2,3)10(15)11(16)14-7-5-6-9(14)8-13;8-6-3-1-5(2-4-6)7(9)10;/h7-10,14H,4-6,11-12H2,1-3H3;9H,4-8H2,1-3H3;1-4,8H;/q;;;+1/p-1/t14-;9-;;/m00../s1. The summed E-state index contributed by atoms with van der Waals surface area (Å²) in [6.07, 6.45) is 4.75. The van der Waals surface area contributed by atoms with Crippen molar-refractivity contribution in [3.05, 3.63) is 68.8 Å². The molecule has 2 aromatic carbocycles. The number of nitrogens with zero attached hydrogens (tertiary/aromatic N) is 4. The van der Waals surface area contributed by atoms with E-state index in [1.54, 1.807) is 23.6 Å². The van der Waals surface area contributed by atoms with E-state index >= 15 is 0 Å². The molecule has 2 amide bonds. The molecule has 2 aromatic rings. The van der Waals surface area contributed by atoms with Gasteiger partial charge in [0.1, 0.15) is 12.4 Å². The molecule has 2 saturated heterocycles. The fraction of sp³-hybridized carbons (Fsp3) is 0.556. The molecular weight excluding hydrogens is 707 g/mol. The molecule has 0 saturated carbocycles. The Balaban J connectivity index is 0.000000428. The number of carbonyl (C=O) groups is 4. The van der Waals surface area contributed by atoms with Gasteiger partial charge in [-0.15, -0.1) is 17.4 Å². The van der Waals surface area contributed by atoms with Crippen LogP contribution >= 0.6 is 11.6 Å². The molecule has 280 valence electrons. The van der Waals surface area contributed by atoms with Crippen LogP contribution in [-0.2, 0) is 19.2 Å². The number of nitro groups is 2. The molecule has 2 heterocycles. The minimum Gasteiger partial charge on any atom is -0.872 e. The molecule has 4 rings (SSSR count). The van der Waals surface area contributed by atoms with E-state index in [4.69, 9.17) is 16.3 Å². The number of nitro benzene ring substituents is 2. The van der Waals surface area contributed by atoms with Crippen molar-refractivity contribution in [2.75, 3.05) is 25.6 Å². The molecule has 0 unspecified atom stereocenters. The second kappa shape index (κ2) is 21.2. The van der Waals surface area contributed by atoms with Crippen LogP contribution in [-0.4, -0.2) is 80.7 Å². The smallest absolute Gasteiger partial charge is 0.872 e. The number of likely N-dealkylation sites (tertiary alicyclic amines) is 2. The molecule has 14 nitrogen and oxygen atoms in total. The summed E-state index contributed by atoms with van der Waals surface area (Å²) in [6, 6.07) is 10.4. The molecule has 0 bridgehead atoms. The van der Waals surface area contributed by atoms with E-state index in [0.717, 1.165) is 37.8 Å². The third kappa shape index (κ3) is 13.1. The van der Waals surface area contributed by atoms with E-state index in [2.05, 4.69) is 0 Å². The summed E-state index contributed by atoms with van der Waals surface area (Å²) in [6.45, 7) is 12.5. The van der Waals surface area contributed by atoms with Crippen LogP contribution in [0.25, 0.3) is 0 Å². The molecule has 2 aliphatic rings. The molecule has 2 fully saturated rings. The van der Waals surface area contributed by atoms with Gasteiger partial charge in [-0.2, -0.15) is 0 Å². The number of halogens is 1. The zero-order valence-electron chi connectivity index (χ0n) is 31.1. The molecule has 0 aromatic heterocycles. The average molecular weight is 755 g/mol. The van der Waals surface area contributed by atoms with Crippen LogP contribution in [0, 0.1) is 31.1 Å². The summed E-state index contributed by atoms with van der Waals surface area (Å²) in [5, 5.41) is 31.1. The Morgan fingerprint density at radius 1 is 0.750 bits per heavy atom. The fourth-order valence-electron chi connectivity index (χ4n) is 5.13. The number of ether oxygens (including phenoxy) is 1. The van der Waals surface area contributed by atoms with Crippen LogP contribution in [0.3, 0.4) is 0 Å². The number of Topliss-reactive ketones (excluding diaryl/α,β-unsaturated/α-hetero) is 2. The molecular formula is C36H48ClN4NaO10. The van der Waals surface area contributed by atoms with E-state index in [1.165, 1.54) is 36.4 Å². The van der Waals surface area contributed by atoms with Crippen LogP contribution in [0.2, 0.25) is 0 Å². The summed E-state index contributed by atoms with van der Waals surface area (Å²) in [5.41, 5.74) is -1.28. The quantitative estimate of drug-likeness (QED) is 0.102. The average Bonchev–Trinajstić information content (AvgIpc) is 3.80. The van der Waals surface area contributed by atoms with E-state index in [0.29, 0.717) is 37.6 Å². The van der Waals surface area contributed by atoms with Crippen LogP contribution in [0.5, 0.6) is 11.5 Å². The van der Waals surface area contributed by atoms with Crippen LogP contribution in [0.4, 0.5) is 11.4 Å². The zero-order chi connectivity index (χ0) is 38.5. The molecule has 0 spiro atoms. The number of ketones is 2. The van der Waals surface area contributed by atoms with Crippen molar-refractivity contribution in [1.29, 1.82) is 0 Å². The van der Waals surface area contributed by atoms with Gasteiger partial charge in [-0.05, 0) is 50.7 Å². The van der Waals surface area contributed by atoms with E-state index in [1.807, 2.05) is 27.7 Å². The Morgan fingerprint density at radius 3 is 1.52 bits per heavy atom. The summed E-state index contributed by atoms with van der Waals surface area (Å²) in [4.78, 5) is 71.9. The number of carbonyl (C=O) groups excluding carboxylic acids is 4. The van der Waals surface area contributed by atoms with Crippen molar-refractivity contribution in [2.45, 2.75) is 92.2 Å². The van der Waals surface area contributed by atoms with Gasteiger partial charge in [-0.3, -0.25) is 39.4 Å². The summed E-state index contributed by atoms with van der Waals surface area (Å²) < 4.78 is 5.67. The monoisotopic (exact) mass is 754 g/mol. The predicted octanol–water partition coefficient (Wildman–Crippen LogP) is 2.86. The van der Waals surface area contributed by atoms with Gasteiger partial charge < -0.3 is 19.6 Å². The first kappa shape index (κ1) is 46.4. The van der Waals surface area contributed by atoms with Gasteiger partial charge >= 0.3 is 29.6 Å². The number of hydrogen-bond donors (Lipinski definition) is 0. The van der Waals surface area contributed by atoms with Gasteiger partial charge in [0.25, 0.3) is 23.2 Å². The molecule has 0 aliphatic carbocycles. The first-order valence-electron chi connectivity index (χ1n) is 17.0. The maximum atomic E-state index is 12.5. The summed E-state index contributed by atoms with van der Waals surface area (Å²) in [7, 11) is 0. The largest absolute Gasteiger partial charge is 1.00 e. The topological polar surface area (TPSA) is 193 Å². The van der Waals surface area contributed by atoms with Gasteiger partial charge in [-0.1, -0.05) is 53.7 Å². The molecule has 0 radical (unpaired) electrons. The van der Waals surface area contributed by atoms with Crippen LogP contribution in [0.15, 0.2) is 48.5 Å². The summed E-state index contributed by atoms with van der Waals surface area (Å²) in [5.74, 6) is -0.734. The second-order valence-corrected chi connectivity index (χ2v) is 14.0. The first-order chi connectivity index (χ1) is 23.9. The van der Waals surface area contributed by atoms with Crippen molar-refractivity contribution >= 4 is 46.4 Å². The Kier molecular flexibility index (Phi) is 18.9. The first-order valence-corrected chi connectivity index (χ1v) is 17.5. The maximum Gasteiger partial charge on any atom is 1.00 e. The minimum atomic E-state index is -0.663. The van der Waals surface area contributed by atoms with Gasteiger partial charge in [-0.25, -0.2) is 0 Å². The summed E-state index contributed by atoms with van der Waals surface area (Å²) >= 11 is 5.79. The maximum absolute atomic E-state index is 12.5. The normalized spacial score (nSPS) is 16.7. The third-order valence-electron chi connectivity index (χ3n) is 9.38. The second-order valence-electron chi connectivity index (χ2n) is 13.7. The van der Waals surface area contributed by atoms with Gasteiger partial charge in [0, 0.05) is 60.1 Å². The number of amides is 2. The third-order valence-corrected chi connectivity index (χ3v) is 9.73. The SMILES string of the molecule is CCC(C)(C)C(=O)C(=O)N1CCC[C@H]1CCl.CCC(C)(C)C(=O)C(=O)N1CCC[C@H]1COc1ccc([N+](=O)[O-])cc1.O=[N+]([O-])c1ccc([O-])cc1.[Na+]. The number of benzene rings is 2. The Morgan fingerprint density at radius 2 is 1.13 bits per heavy atom. The Bertz CT molecular complexity index is 1540. The van der Waals surface area contributed by atoms with Crippen molar-refractivity contribution in [1.82, 2.24) is 9.80 Å². The van der Waals surface area contributed by atoms with Crippen LogP contribution in [0.1, 0.15) is 80.1 Å². The number of alkyl halides is 1. The van der Waals surface area contributed by atoms with Crippen molar-refractivity contribution in [3.8, 4) is 11.5 Å². The molecule has 2 aliphatic heterocycles. The number of non-ortho nitro benzene ring substituents is 2. The molecule has 16 heteroatoms. The Labute approximate surface area is 331 Å². The molecule has 2 atom stereocenters. The number of hydrogen-bond acceptors (Lipinski definition) is 10. The van der Waals surface area contributed by atoms with E-state index in [-0.39, 0.29) is 82.8 Å². The van der Waals surface area contributed by atoms with Crippen LogP contribution < -0.4 is 39.4 Å². The predicted molar refractivity (Wildman–Crippen MR) is 189 cm³/mol. The fourth-order valence-corrected chi connectivity index (χ4v) is 5.45. The zero-order valence-corrected chi connectivity index (χ0v) is 33.8. The van der Waals surface area contributed by atoms with Gasteiger partial charge in [0.2, 0.25) is 11.6 Å². The van der Waals surface area contributed by atoms with E-state index < -0.39 is 26.6 Å². The van der Waals surface area contributed by atoms with Crippen molar-refractivity contribution in [3.63, 3.8) is 0 Å². The number of rotatable bonds is 12.